The highest BCUT2D eigenvalue weighted by molar-refractivity contribution is 5.88. The van der Waals surface area contributed by atoms with Gasteiger partial charge in [0.1, 0.15) is 65.2 Å². The van der Waals surface area contributed by atoms with Crippen molar-refractivity contribution >= 4 is 11.0 Å². The molecule has 2 saturated heterocycles. The molecule has 1 aromatic heterocycles. The van der Waals surface area contributed by atoms with Crippen LogP contribution in [-0.4, -0.2) is 131 Å². The molecule has 5 rings (SSSR count). The van der Waals surface area contributed by atoms with Crippen molar-refractivity contribution in [2.45, 2.75) is 61.4 Å². The molecule has 44 heavy (non-hydrogen) atoms. The first-order chi connectivity index (χ1) is 20.9. The zero-order valence-electron chi connectivity index (χ0n) is 22.4. The van der Waals surface area contributed by atoms with E-state index in [9.17, 15) is 61.0 Å². The maximum absolute atomic E-state index is 13.7. The molecule has 17 nitrogen and oxygen atoms in total. The van der Waals surface area contributed by atoms with Crippen LogP contribution in [0.15, 0.2) is 39.5 Å². The summed E-state index contributed by atoms with van der Waals surface area (Å²) in [6.45, 7) is -1.68. The molecular formula is C27H30O17. The van der Waals surface area contributed by atoms with E-state index in [2.05, 4.69) is 0 Å². The second-order valence-electron chi connectivity index (χ2n) is 10.3. The molecule has 2 aromatic carbocycles. The molecule has 10 atom stereocenters. The summed E-state index contributed by atoms with van der Waals surface area (Å²) in [7, 11) is 0. The van der Waals surface area contributed by atoms with Gasteiger partial charge in [0.05, 0.1) is 13.2 Å². The van der Waals surface area contributed by atoms with Gasteiger partial charge in [0.15, 0.2) is 29.7 Å². The largest absolute Gasteiger partial charge is 0.508 e. The minimum atomic E-state index is -1.97. The highest BCUT2D eigenvalue weighted by Crippen LogP contribution is 2.40. The average molecular weight is 627 g/mol. The molecule has 0 aliphatic carbocycles. The van der Waals surface area contributed by atoms with Crippen molar-refractivity contribution in [2.75, 3.05) is 13.2 Å². The van der Waals surface area contributed by atoms with Crippen LogP contribution in [0, 0.1) is 0 Å². The van der Waals surface area contributed by atoms with Gasteiger partial charge in [-0.1, -0.05) is 0 Å². The van der Waals surface area contributed by atoms with Gasteiger partial charge in [-0.25, -0.2) is 0 Å². The second-order valence-corrected chi connectivity index (χ2v) is 10.3. The van der Waals surface area contributed by atoms with Gasteiger partial charge in [-0.05, 0) is 18.2 Å². The fraction of sp³-hybridized carbons (Fsp3) is 0.444. The topological polar surface area (TPSA) is 290 Å². The Balaban J connectivity index is 1.61. The van der Waals surface area contributed by atoms with Crippen molar-refractivity contribution in [2.24, 2.45) is 0 Å². The lowest BCUT2D eigenvalue weighted by molar-refractivity contribution is -0.358. The maximum Gasteiger partial charge on any atom is 0.239 e. The molecule has 0 spiro atoms. The van der Waals surface area contributed by atoms with Crippen molar-refractivity contribution in [3.05, 3.63) is 40.6 Å². The summed E-state index contributed by atoms with van der Waals surface area (Å²) in [5, 5.41) is 111. The van der Waals surface area contributed by atoms with Crippen LogP contribution in [0.1, 0.15) is 0 Å². The fourth-order valence-corrected chi connectivity index (χ4v) is 4.98. The maximum atomic E-state index is 13.7. The number of aliphatic hydroxyl groups excluding tert-OH is 7. The molecule has 2 aliphatic heterocycles. The molecule has 3 heterocycles. The zero-order valence-corrected chi connectivity index (χ0v) is 22.4. The molecule has 0 unspecified atom stereocenters. The lowest BCUT2D eigenvalue weighted by atomic mass is 9.97. The summed E-state index contributed by atoms with van der Waals surface area (Å²) in [6.07, 6.45) is -18.0. The van der Waals surface area contributed by atoms with E-state index in [-0.39, 0.29) is 11.1 Å². The van der Waals surface area contributed by atoms with E-state index in [1.165, 1.54) is 6.07 Å². The van der Waals surface area contributed by atoms with Crippen LogP contribution in [0.5, 0.6) is 28.7 Å². The van der Waals surface area contributed by atoms with E-state index in [0.29, 0.717) is 0 Å². The SMILES string of the molecule is O=c1c(O[C@@H]2O[C@H](CO)[C@@H](O)[C@H](O)[C@H]2O[C@H]2O[C@@H](CO)[C@@H](O)[C@H](O)[C@H]2O)c(-c2ccc(O)c(O)c2)oc2cc(O)cc(O)c12. The lowest BCUT2D eigenvalue weighted by Gasteiger charge is -2.45. The van der Waals surface area contributed by atoms with Gasteiger partial charge in [0.2, 0.25) is 17.5 Å². The normalized spacial score (nSPS) is 32.5. The summed E-state index contributed by atoms with van der Waals surface area (Å²) in [5.74, 6) is -3.54. The number of benzene rings is 2. The third kappa shape index (κ3) is 5.61. The van der Waals surface area contributed by atoms with Crippen LogP contribution in [0.4, 0.5) is 0 Å². The van der Waals surface area contributed by atoms with Crippen molar-refractivity contribution < 1.29 is 79.5 Å². The number of fused-ring (bicyclic) bond motifs is 1. The Morgan fingerprint density at radius 1 is 0.705 bits per heavy atom. The summed E-state index contributed by atoms with van der Waals surface area (Å²) >= 11 is 0. The van der Waals surface area contributed by atoms with Crippen molar-refractivity contribution in [3.63, 3.8) is 0 Å². The molecule has 0 bridgehead atoms. The number of hydrogen-bond acceptors (Lipinski definition) is 17. The number of rotatable bonds is 7. The Bertz CT molecular complexity index is 1560. The highest BCUT2D eigenvalue weighted by Gasteiger charge is 2.51. The highest BCUT2D eigenvalue weighted by atomic mass is 16.8. The van der Waals surface area contributed by atoms with Gasteiger partial charge in [-0.3, -0.25) is 4.79 Å². The Kier molecular flexibility index (Phi) is 8.87. The zero-order chi connectivity index (χ0) is 32.0. The van der Waals surface area contributed by atoms with E-state index in [0.717, 1.165) is 24.3 Å². The molecule has 240 valence electrons. The van der Waals surface area contributed by atoms with Gasteiger partial charge in [-0.2, -0.15) is 0 Å². The van der Waals surface area contributed by atoms with Gasteiger partial charge in [0, 0.05) is 17.7 Å². The minimum absolute atomic E-state index is 0.0707. The number of ether oxygens (including phenoxy) is 4. The van der Waals surface area contributed by atoms with E-state index in [1.54, 1.807) is 0 Å². The van der Waals surface area contributed by atoms with Crippen LogP contribution in [0.25, 0.3) is 22.3 Å². The Hall–Kier alpha value is -3.75. The number of phenolic OH excluding ortho intramolecular Hbond substituents is 4. The van der Waals surface area contributed by atoms with E-state index < -0.39 is 120 Å². The lowest BCUT2D eigenvalue weighted by Crippen LogP contribution is -2.65. The summed E-state index contributed by atoms with van der Waals surface area (Å²) in [4.78, 5) is 13.7. The molecule has 0 saturated carbocycles. The van der Waals surface area contributed by atoms with Crippen LogP contribution in [-0.2, 0) is 14.2 Å². The standard InChI is InChI=1S/C27H30O17/c28-6-14-17(34)20(37)22(39)26(41-14)44-25-21(38)18(35)15(7-29)42-27(25)43-24-19(36)16-12(33)4-9(30)5-13(16)40-23(24)8-1-2-10(31)11(32)3-8/h1-5,14-15,17-18,20-22,25-35,37-39H,6-7H2/t14-,15+,17+,18+,20-,21-,22+,25+,26+,27-/m0/s1. The average Bonchev–Trinajstić information content (AvgIpc) is 2.98. The van der Waals surface area contributed by atoms with Gasteiger partial charge in [0.25, 0.3) is 0 Å². The second kappa shape index (κ2) is 12.3. The van der Waals surface area contributed by atoms with E-state index in [4.69, 9.17) is 23.4 Å². The number of aliphatic hydroxyl groups is 7. The minimum Gasteiger partial charge on any atom is -0.508 e. The molecule has 2 fully saturated rings. The van der Waals surface area contributed by atoms with Crippen molar-refractivity contribution in [1.82, 2.24) is 0 Å². The van der Waals surface area contributed by atoms with Crippen LogP contribution in [0.2, 0.25) is 0 Å². The smallest absolute Gasteiger partial charge is 0.239 e. The van der Waals surface area contributed by atoms with Crippen molar-refractivity contribution in [3.8, 4) is 40.1 Å². The van der Waals surface area contributed by atoms with Crippen LogP contribution >= 0.6 is 0 Å². The first-order valence-electron chi connectivity index (χ1n) is 13.2. The van der Waals surface area contributed by atoms with Crippen LogP contribution in [0.3, 0.4) is 0 Å². The molecule has 0 amide bonds. The number of phenols is 4. The summed E-state index contributed by atoms with van der Waals surface area (Å²) in [5.41, 5.74) is -1.47. The summed E-state index contributed by atoms with van der Waals surface area (Å²) < 4.78 is 28.1. The van der Waals surface area contributed by atoms with Crippen LogP contribution < -0.4 is 10.2 Å². The third-order valence-electron chi connectivity index (χ3n) is 7.35. The predicted octanol–water partition coefficient (Wildman–Crippen LogP) is -2.71. The Morgan fingerprint density at radius 3 is 1.98 bits per heavy atom. The Morgan fingerprint density at radius 2 is 1.34 bits per heavy atom. The number of hydrogen-bond donors (Lipinski definition) is 11. The quantitative estimate of drug-likeness (QED) is 0.119. The van der Waals surface area contributed by atoms with Gasteiger partial charge < -0.3 is 79.5 Å². The molecule has 0 radical (unpaired) electrons. The third-order valence-corrected chi connectivity index (χ3v) is 7.35. The predicted molar refractivity (Wildman–Crippen MR) is 142 cm³/mol. The fourth-order valence-electron chi connectivity index (χ4n) is 4.98. The van der Waals surface area contributed by atoms with E-state index >= 15 is 0 Å². The molecule has 11 N–H and O–H groups in total. The molecular weight excluding hydrogens is 596 g/mol. The molecule has 17 heteroatoms. The van der Waals surface area contributed by atoms with Crippen molar-refractivity contribution in [1.29, 1.82) is 0 Å². The van der Waals surface area contributed by atoms with Gasteiger partial charge >= 0.3 is 0 Å². The monoisotopic (exact) mass is 626 g/mol. The summed E-state index contributed by atoms with van der Waals surface area (Å²) in [6, 6.07) is 5.12. The Labute approximate surface area is 246 Å². The first kappa shape index (κ1) is 31.7. The van der Waals surface area contributed by atoms with Gasteiger partial charge in [-0.15, -0.1) is 0 Å². The number of aromatic hydroxyl groups is 4. The molecule has 3 aromatic rings. The van der Waals surface area contributed by atoms with E-state index in [1.807, 2.05) is 0 Å². The molecule has 2 aliphatic rings. The first-order valence-corrected chi connectivity index (χ1v) is 13.2.